The highest BCUT2D eigenvalue weighted by Gasteiger charge is 2.01. The molecule has 0 bridgehead atoms. The Balaban J connectivity index is 2.07. The van der Waals surface area contributed by atoms with Crippen LogP contribution in [0.2, 0.25) is 0 Å². The Labute approximate surface area is 109 Å². The summed E-state index contributed by atoms with van der Waals surface area (Å²) in [6, 6.07) is 19.0. The molecule has 94 valence electrons. The monoisotopic (exact) mass is 240 g/mol. The molecular weight excluding hydrogens is 220 g/mol. The molecule has 0 atom stereocenters. The van der Waals surface area contributed by atoms with Crippen LogP contribution in [-0.2, 0) is 6.42 Å². The first-order chi connectivity index (χ1) is 8.90. The van der Waals surface area contributed by atoms with Crippen molar-refractivity contribution in [2.45, 2.75) is 12.8 Å². The number of nitrogens with one attached hydrogen (secondary N) is 1. The van der Waals surface area contributed by atoms with Gasteiger partial charge in [0.1, 0.15) is 0 Å². The molecule has 2 heteroatoms. The maximum atomic E-state index is 5.51. The van der Waals surface area contributed by atoms with Crippen LogP contribution in [-0.4, -0.2) is 13.1 Å². The number of para-hydroxylation sites is 1. The smallest absolute Gasteiger partial charge is 0.0376 e. The summed E-state index contributed by atoms with van der Waals surface area (Å²) in [5.74, 6) is 0. The third-order valence-corrected chi connectivity index (χ3v) is 2.95. The van der Waals surface area contributed by atoms with Crippen molar-refractivity contribution in [3.05, 3.63) is 65.7 Å². The summed E-state index contributed by atoms with van der Waals surface area (Å²) < 4.78 is 0. The number of anilines is 1. The fourth-order valence-electron chi connectivity index (χ4n) is 1.99. The van der Waals surface area contributed by atoms with Gasteiger partial charge in [0.05, 0.1) is 0 Å². The third-order valence-electron chi connectivity index (χ3n) is 2.95. The van der Waals surface area contributed by atoms with E-state index in [1.807, 2.05) is 0 Å². The van der Waals surface area contributed by atoms with E-state index in [9.17, 15) is 0 Å². The van der Waals surface area contributed by atoms with E-state index in [0.29, 0.717) is 0 Å². The Kier molecular flexibility index (Phi) is 4.79. The summed E-state index contributed by atoms with van der Waals surface area (Å²) >= 11 is 0. The molecule has 2 rings (SSSR count). The first-order valence-corrected chi connectivity index (χ1v) is 6.46. The summed E-state index contributed by atoms with van der Waals surface area (Å²) in [7, 11) is 0. The van der Waals surface area contributed by atoms with Gasteiger partial charge in [-0.05, 0) is 36.6 Å². The van der Waals surface area contributed by atoms with Crippen molar-refractivity contribution in [1.82, 2.24) is 0 Å². The lowest BCUT2D eigenvalue weighted by Gasteiger charge is -2.11. The zero-order valence-corrected chi connectivity index (χ0v) is 10.6. The van der Waals surface area contributed by atoms with Gasteiger partial charge in [-0.3, -0.25) is 0 Å². The van der Waals surface area contributed by atoms with Gasteiger partial charge in [0, 0.05) is 12.2 Å². The Hall–Kier alpha value is -1.80. The average Bonchev–Trinajstić information content (AvgIpc) is 2.42. The van der Waals surface area contributed by atoms with E-state index in [1.165, 1.54) is 16.8 Å². The molecule has 2 nitrogen and oxygen atoms in total. The Morgan fingerprint density at radius 2 is 1.61 bits per heavy atom. The molecule has 3 N–H and O–H groups in total. The Morgan fingerprint density at radius 3 is 2.39 bits per heavy atom. The molecular formula is C16H20N2. The Morgan fingerprint density at radius 1 is 0.889 bits per heavy atom. The van der Waals surface area contributed by atoms with Crippen LogP contribution in [0.25, 0.3) is 0 Å². The maximum absolute atomic E-state index is 5.51. The summed E-state index contributed by atoms with van der Waals surface area (Å²) in [4.78, 5) is 0. The average molecular weight is 240 g/mol. The lowest BCUT2D eigenvalue weighted by molar-refractivity contribution is 0.873. The molecule has 0 radical (unpaired) electrons. The molecule has 0 aliphatic carbocycles. The van der Waals surface area contributed by atoms with Crippen molar-refractivity contribution in [3.8, 4) is 0 Å². The number of benzene rings is 2. The molecule has 0 amide bonds. The van der Waals surface area contributed by atoms with E-state index in [1.54, 1.807) is 0 Å². The van der Waals surface area contributed by atoms with Crippen molar-refractivity contribution in [1.29, 1.82) is 0 Å². The number of nitrogens with two attached hydrogens (primary N) is 1. The SMILES string of the molecule is NCCCNc1ccccc1Cc1ccccc1. The molecule has 0 aromatic heterocycles. The highest BCUT2D eigenvalue weighted by atomic mass is 14.9. The molecule has 0 aliphatic heterocycles. The quantitative estimate of drug-likeness (QED) is 0.762. The fourth-order valence-corrected chi connectivity index (χ4v) is 1.99. The largest absolute Gasteiger partial charge is 0.385 e. The zero-order valence-electron chi connectivity index (χ0n) is 10.6. The topological polar surface area (TPSA) is 38.0 Å². The van der Waals surface area contributed by atoms with Crippen LogP contribution in [0.1, 0.15) is 17.5 Å². The van der Waals surface area contributed by atoms with E-state index in [2.05, 4.69) is 59.9 Å². The van der Waals surface area contributed by atoms with Crippen LogP contribution >= 0.6 is 0 Å². The van der Waals surface area contributed by atoms with Crippen molar-refractivity contribution in [2.24, 2.45) is 5.73 Å². The van der Waals surface area contributed by atoms with Gasteiger partial charge in [-0.25, -0.2) is 0 Å². The van der Waals surface area contributed by atoms with Gasteiger partial charge >= 0.3 is 0 Å². The van der Waals surface area contributed by atoms with Crippen molar-refractivity contribution >= 4 is 5.69 Å². The van der Waals surface area contributed by atoms with Crippen LogP contribution in [0.15, 0.2) is 54.6 Å². The fraction of sp³-hybridized carbons (Fsp3) is 0.250. The summed E-state index contributed by atoms with van der Waals surface area (Å²) in [6.07, 6.45) is 1.96. The molecule has 0 spiro atoms. The van der Waals surface area contributed by atoms with Crippen molar-refractivity contribution in [3.63, 3.8) is 0 Å². The van der Waals surface area contributed by atoms with Gasteiger partial charge in [0.2, 0.25) is 0 Å². The number of hydrogen-bond donors (Lipinski definition) is 2. The van der Waals surface area contributed by atoms with Gasteiger partial charge in [-0.2, -0.15) is 0 Å². The highest BCUT2D eigenvalue weighted by Crippen LogP contribution is 2.18. The second kappa shape index (κ2) is 6.82. The minimum absolute atomic E-state index is 0.730. The van der Waals surface area contributed by atoms with Crippen LogP contribution in [0.3, 0.4) is 0 Å². The summed E-state index contributed by atoms with van der Waals surface area (Å²) in [5.41, 5.74) is 9.40. The predicted molar refractivity (Wildman–Crippen MR) is 77.9 cm³/mol. The third kappa shape index (κ3) is 3.60. The standard InChI is InChI=1S/C16H20N2/c17-11-6-12-18-16-10-5-4-9-15(16)13-14-7-2-1-3-8-14/h1-5,7-10,18H,6,11-13,17H2. The Bertz CT molecular complexity index is 466. The maximum Gasteiger partial charge on any atom is 0.0376 e. The summed E-state index contributed by atoms with van der Waals surface area (Å²) in [6.45, 7) is 1.66. The summed E-state index contributed by atoms with van der Waals surface area (Å²) in [5, 5.41) is 3.45. The minimum atomic E-state index is 0.730. The van der Waals surface area contributed by atoms with Crippen LogP contribution in [0, 0.1) is 0 Å². The molecule has 0 saturated heterocycles. The van der Waals surface area contributed by atoms with Crippen LogP contribution < -0.4 is 11.1 Å². The molecule has 0 aliphatic rings. The minimum Gasteiger partial charge on any atom is -0.385 e. The molecule has 0 fully saturated rings. The molecule has 0 saturated carbocycles. The van der Waals surface area contributed by atoms with E-state index in [0.717, 1.165) is 25.9 Å². The van der Waals surface area contributed by atoms with Crippen molar-refractivity contribution in [2.75, 3.05) is 18.4 Å². The van der Waals surface area contributed by atoms with E-state index in [4.69, 9.17) is 5.73 Å². The molecule has 18 heavy (non-hydrogen) atoms. The van der Waals surface area contributed by atoms with E-state index >= 15 is 0 Å². The number of hydrogen-bond acceptors (Lipinski definition) is 2. The van der Waals surface area contributed by atoms with Crippen LogP contribution in [0.4, 0.5) is 5.69 Å². The highest BCUT2D eigenvalue weighted by molar-refractivity contribution is 5.52. The van der Waals surface area contributed by atoms with Gasteiger partial charge < -0.3 is 11.1 Å². The molecule has 2 aromatic rings. The van der Waals surface area contributed by atoms with Crippen molar-refractivity contribution < 1.29 is 0 Å². The first kappa shape index (κ1) is 12.7. The normalized spacial score (nSPS) is 10.3. The van der Waals surface area contributed by atoms with Crippen LogP contribution in [0.5, 0.6) is 0 Å². The second-order valence-corrected chi connectivity index (χ2v) is 4.39. The first-order valence-electron chi connectivity index (χ1n) is 6.46. The second-order valence-electron chi connectivity index (χ2n) is 4.39. The predicted octanol–water partition coefficient (Wildman–Crippen LogP) is 3.04. The lowest BCUT2D eigenvalue weighted by atomic mass is 10.0. The molecule has 2 aromatic carbocycles. The number of rotatable bonds is 6. The van der Waals surface area contributed by atoms with Gasteiger partial charge in [0.15, 0.2) is 0 Å². The van der Waals surface area contributed by atoms with Gasteiger partial charge in [0.25, 0.3) is 0 Å². The van der Waals surface area contributed by atoms with Gasteiger partial charge in [-0.1, -0.05) is 48.5 Å². The molecule has 0 heterocycles. The lowest BCUT2D eigenvalue weighted by Crippen LogP contribution is -2.09. The van der Waals surface area contributed by atoms with E-state index in [-0.39, 0.29) is 0 Å². The van der Waals surface area contributed by atoms with Gasteiger partial charge in [-0.15, -0.1) is 0 Å². The van der Waals surface area contributed by atoms with E-state index < -0.39 is 0 Å². The zero-order chi connectivity index (χ0) is 12.6. The molecule has 0 unspecified atom stereocenters.